The van der Waals surface area contributed by atoms with Crippen molar-refractivity contribution in [1.82, 2.24) is 15.1 Å². The van der Waals surface area contributed by atoms with Gasteiger partial charge in [-0.1, -0.05) is 57.6 Å². The van der Waals surface area contributed by atoms with Gasteiger partial charge in [0, 0.05) is 39.0 Å². The summed E-state index contributed by atoms with van der Waals surface area (Å²) in [6.07, 6.45) is 12.5. The Morgan fingerprint density at radius 1 is 1.00 bits per heavy atom. The molecule has 1 saturated carbocycles. The van der Waals surface area contributed by atoms with Gasteiger partial charge in [-0.25, -0.2) is 0 Å². The molecule has 1 aromatic carbocycles. The Bertz CT molecular complexity index is 916. The van der Waals surface area contributed by atoms with E-state index in [1.807, 2.05) is 4.90 Å². The average Bonchev–Trinajstić information content (AvgIpc) is 2.95. The first kappa shape index (κ1) is 27.4. The van der Waals surface area contributed by atoms with Crippen molar-refractivity contribution in [3.8, 4) is 5.75 Å². The molecule has 1 aromatic rings. The van der Waals surface area contributed by atoms with Crippen LogP contribution in [0.2, 0.25) is 0 Å². The largest absolute Gasteiger partial charge is 0.490 e. The van der Waals surface area contributed by atoms with Crippen molar-refractivity contribution in [2.24, 2.45) is 5.92 Å². The first-order valence-electron chi connectivity index (χ1n) is 15.3. The van der Waals surface area contributed by atoms with E-state index in [4.69, 9.17) is 9.47 Å². The van der Waals surface area contributed by atoms with Crippen LogP contribution in [0.5, 0.6) is 5.75 Å². The monoisotopic (exact) mass is 525 g/mol. The Labute approximate surface area is 228 Å². The van der Waals surface area contributed by atoms with E-state index < -0.39 is 5.54 Å². The zero-order valence-electron chi connectivity index (χ0n) is 23.3. The van der Waals surface area contributed by atoms with Crippen molar-refractivity contribution in [2.45, 2.75) is 108 Å². The molecule has 0 bridgehead atoms. The molecule has 3 aliphatic heterocycles. The van der Waals surface area contributed by atoms with Gasteiger partial charge in [-0.2, -0.15) is 0 Å². The van der Waals surface area contributed by atoms with Crippen LogP contribution in [0.25, 0.3) is 0 Å². The molecule has 5 rings (SSSR count). The fourth-order valence-electron chi connectivity index (χ4n) is 6.93. The van der Waals surface area contributed by atoms with Crippen LogP contribution in [0.15, 0.2) is 24.3 Å². The Balaban J connectivity index is 1.18. The third-order valence-corrected chi connectivity index (χ3v) is 9.32. The number of nitrogens with one attached hydrogen (secondary N) is 1. The summed E-state index contributed by atoms with van der Waals surface area (Å²) in [4.78, 5) is 31.8. The summed E-state index contributed by atoms with van der Waals surface area (Å²) in [5, 5.41) is 3.21. The molecule has 0 aromatic heterocycles. The SMILES string of the molecule is CCCCN1C(=O)[C@H](CC2CCCCC2)NC(=O)C12CCN(Cc1ccc(OC3CCOCC3)cc1)CC2. The van der Waals surface area contributed by atoms with Gasteiger partial charge in [0.25, 0.3) is 0 Å². The molecule has 7 nitrogen and oxygen atoms in total. The number of benzene rings is 1. The molecule has 3 heterocycles. The molecule has 4 aliphatic rings. The number of piperazine rings is 1. The van der Waals surface area contributed by atoms with Crippen LogP contribution in [-0.4, -0.2) is 72.1 Å². The molecule has 3 saturated heterocycles. The molecule has 0 radical (unpaired) electrons. The predicted octanol–water partition coefficient (Wildman–Crippen LogP) is 4.68. The summed E-state index contributed by atoms with van der Waals surface area (Å²) in [6, 6.07) is 8.11. The van der Waals surface area contributed by atoms with Gasteiger partial charge in [0.2, 0.25) is 11.8 Å². The maximum Gasteiger partial charge on any atom is 0.246 e. The van der Waals surface area contributed by atoms with E-state index in [2.05, 4.69) is 41.4 Å². The predicted molar refractivity (Wildman–Crippen MR) is 148 cm³/mol. The molecule has 1 spiro atoms. The normalized spacial score (nSPS) is 25.5. The second-order valence-electron chi connectivity index (χ2n) is 12.0. The molecule has 1 atom stereocenters. The highest BCUT2D eigenvalue weighted by Crippen LogP contribution is 2.36. The molecular formula is C31H47N3O4. The van der Waals surface area contributed by atoms with Crippen molar-refractivity contribution in [1.29, 1.82) is 0 Å². The highest BCUT2D eigenvalue weighted by molar-refractivity contribution is 6.00. The van der Waals surface area contributed by atoms with E-state index in [9.17, 15) is 9.59 Å². The first-order valence-corrected chi connectivity index (χ1v) is 15.3. The third-order valence-electron chi connectivity index (χ3n) is 9.32. The Hall–Kier alpha value is -2.12. The van der Waals surface area contributed by atoms with Crippen LogP contribution in [0, 0.1) is 5.92 Å². The summed E-state index contributed by atoms with van der Waals surface area (Å²) in [5.41, 5.74) is 0.563. The zero-order valence-corrected chi connectivity index (χ0v) is 23.3. The van der Waals surface area contributed by atoms with Crippen LogP contribution in [-0.2, 0) is 20.9 Å². The Morgan fingerprint density at radius 3 is 2.39 bits per heavy atom. The van der Waals surface area contributed by atoms with Gasteiger partial charge in [-0.15, -0.1) is 0 Å². The van der Waals surface area contributed by atoms with E-state index in [-0.39, 0.29) is 24.0 Å². The molecule has 1 N–H and O–H groups in total. The number of amides is 2. The van der Waals surface area contributed by atoms with E-state index in [0.29, 0.717) is 25.3 Å². The number of nitrogens with zero attached hydrogens (tertiary/aromatic N) is 2. The van der Waals surface area contributed by atoms with Crippen LogP contribution in [0.1, 0.15) is 89.5 Å². The highest BCUT2D eigenvalue weighted by atomic mass is 16.5. The Kier molecular flexibility index (Phi) is 9.26. The zero-order chi connectivity index (χ0) is 26.4. The summed E-state index contributed by atoms with van der Waals surface area (Å²) >= 11 is 0. The van der Waals surface area contributed by atoms with Crippen molar-refractivity contribution in [3.63, 3.8) is 0 Å². The molecule has 38 heavy (non-hydrogen) atoms. The number of carbonyl (C=O) groups excluding carboxylic acids is 2. The minimum Gasteiger partial charge on any atom is -0.490 e. The number of piperidine rings is 1. The lowest BCUT2D eigenvalue weighted by atomic mass is 9.79. The maximum atomic E-state index is 13.8. The topological polar surface area (TPSA) is 71.1 Å². The number of unbranched alkanes of at least 4 members (excludes halogenated alkanes) is 1. The fourth-order valence-corrected chi connectivity index (χ4v) is 6.93. The lowest BCUT2D eigenvalue weighted by Crippen LogP contribution is -2.73. The van der Waals surface area contributed by atoms with E-state index in [1.54, 1.807) is 0 Å². The van der Waals surface area contributed by atoms with Gasteiger partial charge >= 0.3 is 0 Å². The molecule has 4 fully saturated rings. The van der Waals surface area contributed by atoms with Crippen molar-refractivity contribution < 1.29 is 19.1 Å². The number of carbonyl (C=O) groups is 2. The van der Waals surface area contributed by atoms with Gasteiger partial charge in [0.05, 0.1) is 13.2 Å². The van der Waals surface area contributed by atoms with Crippen LogP contribution < -0.4 is 10.1 Å². The van der Waals surface area contributed by atoms with Gasteiger partial charge in [0.15, 0.2) is 0 Å². The maximum absolute atomic E-state index is 13.8. The minimum atomic E-state index is -0.687. The van der Waals surface area contributed by atoms with Gasteiger partial charge < -0.3 is 19.7 Å². The fraction of sp³-hybridized carbons (Fsp3) is 0.742. The van der Waals surface area contributed by atoms with Gasteiger partial charge in [-0.05, 0) is 49.3 Å². The first-order chi connectivity index (χ1) is 18.6. The van der Waals surface area contributed by atoms with E-state index in [0.717, 1.165) is 70.7 Å². The summed E-state index contributed by atoms with van der Waals surface area (Å²) < 4.78 is 11.5. The number of likely N-dealkylation sites (tertiary alicyclic amines) is 1. The second-order valence-corrected chi connectivity index (χ2v) is 12.0. The lowest BCUT2D eigenvalue weighted by molar-refractivity contribution is -0.162. The van der Waals surface area contributed by atoms with Crippen molar-refractivity contribution in [2.75, 3.05) is 32.8 Å². The number of ether oxygens (including phenoxy) is 2. The summed E-state index contributed by atoms with van der Waals surface area (Å²) in [6.45, 7) is 6.89. The minimum absolute atomic E-state index is 0.0864. The standard InChI is InChI=1S/C31H47N3O4/c1-2-3-17-34-29(35)28(22-24-7-5-4-6-8-24)32-30(36)31(34)15-18-33(19-16-31)23-25-9-11-26(12-10-25)38-27-13-20-37-21-14-27/h9-12,24,27-28H,2-8,13-23H2,1H3,(H,32,36)/t28-/m0/s1. The molecule has 1 aliphatic carbocycles. The third kappa shape index (κ3) is 6.36. The number of rotatable bonds is 9. The summed E-state index contributed by atoms with van der Waals surface area (Å²) in [5.74, 6) is 1.74. The smallest absolute Gasteiger partial charge is 0.246 e. The van der Waals surface area contributed by atoms with Crippen LogP contribution in [0.4, 0.5) is 0 Å². The second kappa shape index (κ2) is 12.8. The quantitative estimate of drug-likeness (QED) is 0.507. The number of hydrogen-bond donors (Lipinski definition) is 1. The number of hydrogen-bond acceptors (Lipinski definition) is 5. The van der Waals surface area contributed by atoms with Crippen molar-refractivity contribution >= 4 is 11.8 Å². The molecule has 210 valence electrons. The molecule has 0 unspecified atom stereocenters. The van der Waals surface area contributed by atoms with E-state index >= 15 is 0 Å². The summed E-state index contributed by atoms with van der Waals surface area (Å²) in [7, 11) is 0. The molecule has 7 heteroatoms. The van der Waals surface area contributed by atoms with Crippen LogP contribution in [0.3, 0.4) is 0 Å². The van der Waals surface area contributed by atoms with Gasteiger partial charge in [-0.3, -0.25) is 14.5 Å². The van der Waals surface area contributed by atoms with Gasteiger partial charge in [0.1, 0.15) is 23.4 Å². The molecule has 2 amide bonds. The van der Waals surface area contributed by atoms with Crippen LogP contribution >= 0.6 is 0 Å². The average molecular weight is 526 g/mol. The lowest BCUT2D eigenvalue weighted by Gasteiger charge is -2.52. The van der Waals surface area contributed by atoms with E-state index in [1.165, 1.54) is 37.7 Å². The Morgan fingerprint density at radius 2 is 1.71 bits per heavy atom. The van der Waals surface area contributed by atoms with Crippen molar-refractivity contribution in [3.05, 3.63) is 29.8 Å². The highest BCUT2D eigenvalue weighted by Gasteiger charge is 2.53. The molecular weight excluding hydrogens is 478 g/mol.